The number of carbonyl (C=O) groups excluding carboxylic acids is 1. The fourth-order valence-corrected chi connectivity index (χ4v) is 3.48. The molecule has 1 atom stereocenters. The van der Waals surface area contributed by atoms with Gasteiger partial charge < -0.3 is 14.4 Å². The molecule has 0 aromatic carbocycles. The van der Waals surface area contributed by atoms with Crippen LogP contribution in [-0.2, 0) is 9.47 Å². The fourth-order valence-electron chi connectivity index (χ4n) is 3.48. The number of nitrogens with zero attached hydrogens (tertiary/aromatic N) is 1. The lowest BCUT2D eigenvalue weighted by Gasteiger charge is -2.32. The highest BCUT2D eigenvalue weighted by molar-refractivity contribution is 5.68. The van der Waals surface area contributed by atoms with Crippen molar-refractivity contribution in [3.63, 3.8) is 0 Å². The zero-order valence-electron chi connectivity index (χ0n) is 14.8. The van der Waals surface area contributed by atoms with Crippen LogP contribution in [0, 0.1) is 5.92 Å². The van der Waals surface area contributed by atoms with Crippen molar-refractivity contribution in [1.29, 1.82) is 0 Å². The Morgan fingerprint density at radius 3 is 2.50 bits per heavy atom. The maximum absolute atomic E-state index is 12.2. The zero-order valence-corrected chi connectivity index (χ0v) is 14.8. The maximum Gasteiger partial charge on any atom is 0.410 e. The molecule has 1 aliphatic heterocycles. The monoisotopic (exact) mass is 311 g/mol. The summed E-state index contributed by atoms with van der Waals surface area (Å²) in [5, 5.41) is 0. The largest absolute Gasteiger partial charge is 0.444 e. The van der Waals surface area contributed by atoms with Gasteiger partial charge in [0.15, 0.2) is 0 Å². The van der Waals surface area contributed by atoms with Crippen molar-refractivity contribution in [2.24, 2.45) is 5.92 Å². The maximum atomic E-state index is 12.2. The van der Waals surface area contributed by atoms with E-state index in [9.17, 15) is 4.79 Å². The van der Waals surface area contributed by atoms with Crippen LogP contribution in [0.5, 0.6) is 0 Å². The Labute approximate surface area is 135 Å². The van der Waals surface area contributed by atoms with Crippen LogP contribution in [0.1, 0.15) is 72.6 Å². The molecular formula is C18H33NO3. The predicted molar refractivity (Wildman–Crippen MR) is 88.0 cm³/mol. The van der Waals surface area contributed by atoms with Crippen molar-refractivity contribution in [3.8, 4) is 0 Å². The molecule has 0 N–H and O–H groups in total. The number of carbonyl (C=O) groups is 1. The van der Waals surface area contributed by atoms with E-state index in [-0.39, 0.29) is 11.7 Å². The van der Waals surface area contributed by atoms with Crippen LogP contribution in [0.25, 0.3) is 0 Å². The van der Waals surface area contributed by atoms with E-state index in [1.165, 1.54) is 32.1 Å². The van der Waals surface area contributed by atoms with Gasteiger partial charge in [0.25, 0.3) is 0 Å². The van der Waals surface area contributed by atoms with E-state index in [1.54, 1.807) is 0 Å². The van der Waals surface area contributed by atoms with Crippen molar-refractivity contribution in [2.45, 2.75) is 83.8 Å². The van der Waals surface area contributed by atoms with E-state index in [2.05, 4.69) is 6.92 Å². The highest BCUT2D eigenvalue weighted by Gasteiger charge is 2.41. The molecular weight excluding hydrogens is 278 g/mol. The number of amides is 1. The van der Waals surface area contributed by atoms with Gasteiger partial charge in [-0.2, -0.15) is 0 Å². The summed E-state index contributed by atoms with van der Waals surface area (Å²) in [5.41, 5.74) is -0.591. The molecule has 1 aliphatic carbocycles. The fraction of sp³-hybridized carbons (Fsp3) is 0.944. The molecule has 1 amide bonds. The molecule has 2 aliphatic rings. The number of ether oxygens (including phenoxy) is 2. The smallest absolute Gasteiger partial charge is 0.410 e. The summed E-state index contributed by atoms with van der Waals surface area (Å²) >= 11 is 0. The van der Waals surface area contributed by atoms with E-state index in [1.807, 2.05) is 25.7 Å². The lowest BCUT2D eigenvalue weighted by Crippen LogP contribution is -2.41. The van der Waals surface area contributed by atoms with Gasteiger partial charge >= 0.3 is 6.09 Å². The lowest BCUT2D eigenvalue weighted by atomic mass is 9.89. The molecule has 1 unspecified atom stereocenters. The Balaban J connectivity index is 1.85. The normalized spacial score (nSPS) is 27.2. The van der Waals surface area contributed by atoms with Gasteiger partial charge in [-0.15, -0.1) is 0 Å². The topological polar surface area (TPSA) is 38.8 Å². The summed E-state index contributed by atoms with van der Waals surface area (Å²) in [5.74, 6) is 0.716. The first-order valence-electron chi connectivity index (χ1n) is 8.95. The van der Waals surface area contributed by atoms with E-state index in [4.69, 9.17) is 9.47 Å². The van der Waals surface area contributed by atoms with E-state index >= 15 is 0 Å². The first-order valence-corrected chi connectivity index (χ1v) is 8.95. The van der Waals surface area contributed by atoms with E-state index in [0.717, 1.165) is 26.0 Å². The van der Waals surface area contributed by atoms with Gasteiger partial charge in [0.2, 0.25) is 0 Å². The molecule has 1 heterocycles. The third-order valence-corrected chi connectivity index (χ3v) is 4.96. The van der Waals surface area contributed by atoms with Gasteiger partial charge in [0, 0.05) is 6.54 Å². The Morgan fingerprint density at radius 1 is 1.23 bits per heavy atom. The number of rotatable bonds is 4. The minimum atomic E-state index is -0.433. The summed E-state index contributed by atoms with van der Waals surface area (Å²) in [6.07, 6.45) is 8.35. The summed E-state index contributed by atoms with van der Waals surface area (Å²) in [7, 11) is 0. The number of hydrogen-bond acceptors (Lipinski definition) is 3. The van der Waals surface area contributed by atoms with Crippen LogP contribution in [-0.4, -0.2) is 41.9 Å². The van der Waals surface area contributed by atoms with Gasteiger partial charge in [-0.3, -0.25) is 0 Å². The minimum Gasteiger partial charge on any atom is -0.444 e. The predicted octanol–water partition coefficient (Wildman–Crippen LogP) is 4.37. The zero-order chi connectivity index (χ0) is 16.2. The number of hydrogen-bond donors (Lipinski definition) is 0. The second-order valence-corrected chi connectivity index (χ2v) is 8.00. The van der Waals surface area contributed by atoms with Gasteiger partial charge in [-0.1, -0.05) is 26.2 Å². The molecule has 4 heteroatoms. The molecule has 4 nitrogen and oxygen atoms in total. The molecule has 1 saturated carbocycles. The third kappa shape index (κ3) is 4.87. The highest BCUT2D eigenvalue weighted by Crippen LogP contribution is 2.32. The summed E-state index contributed by atoms with van der Waals surface area (Å²) in [6.45, 7) is 10.2. The van der Waals surface area contributed by atoms with Crippen LogP contribution in [0.3, 0.4) is 0 Å². The summed E-state index contributed by atoms with van der Waals surface area (Å²) < 4.78 is 11.8. The molecule has 1 saturated heterocycles. The molecule has 2 fully saturated rings. The first-order chi connectivity index (χ1) is 10.3. The SMILES string of the molecule is CCC1(OCC2CCCCC2)CCN(C(=O)OC(C)(C)C)C1. The van der Waals surface area contributed by atoms with E-state index in [0.29, 0.717) is 12.5 Å². The molecule has 0 aromatic rings. The van der Waals surface area contributed by atoms with Crippen LogP contribution >= 0.6 is 0 Å². The molecule has 0 radical (unpaired) electrons. The first kappa shape index (κ1) is 17.6. The van der Waals surface area contributed by atoms with Crippen molar-refractivity contribution >= 4 is 6.09 Å². The van der Waals surface area contributed by atoms with Gasteiger partial charge in [-0.05, 0) is 52.4 Å². The summed E-state index contributed by atoms with van der Waals surface area (Å²) in [6, 6.07) is 0. The molecule has 22 heavy (non-hydrogen) atoms. The van der Waals surface area contributed by atoms with Crippen LogP contribution in [0.15, 0.2) is 0 Å². The molecule has 2 rings (SSSR count). The summed E-state index contributed by atoms with van der Waals surface area (Å²) in [4.78, 5) is 14.0. The van der Waals surface area contributed by atoms with Gasteiger partial charge in [0.05, 0.1) is 18.8 Å². The number of likely N-dealkylation sites (tertiary alicyclic amines) is 1. The van der Waals surface area contributed by atoms with Crippen LogP contribution in [0.2, 0.25) is 0 Å². The average molecular weight is 311 g/mol. The Morgan fingerprint density at radius 2 is 1.91 bits per heavy atom. The van der Waals surface area contributed by atoms with Crippen LogP contribution < -0.4 is 0 Å². The second-order valence-electron chi connectivity index (χ2n) is 8.00. The van der Waals surface area contributed by atoms with Crippen molar-refractivity contribution in [3.05, 3.63) is 0 Å². The van der Waals surface area contributed by atoms with Crippen molar-refractivity contribution in [2.75, 3.05) is 19.7 Å². The lowest BCUT2D eigenvalue weighted by molar-refractivity contribution is -0.0611. The molecule has 128 valence electrons. The molecule has 0 aromatic heterocycles. The Hall–Kier alpha value is -0.770. The minimum absolute atomic E-state index is 0.158. The van der Waals surface area contributed by atoms with Crippen LogP contribution in [0.4, 0.5) is 4.79 Å². The molecule has 0 bridgehead atoms. The quantitative estimate of drug-likeness (QED) is 0.773. The second kappa shape index (κ2) is 7.20. The van der Waals surface area contributed by atoms with E-state index < -0.39 is 5.60 Å². The van der Waals surface area contributed by atoms with Gasteiger partial charge in [-0.25, -0.2) is 4.79 Å². The van der Waals surface area contributed by atoms with Crippen molar-refractivity contribution < 1.29 is 14.3 Å². The van der Waals surface area contributed by atoms with Crippen molar-refractivity contribution in [1.82, 2.24) is 4.90 Å². The standard InChI is InChI=1S/C18H33NO3/c1-5-18(21-13-15-9-7-6-8-10-15)11-12-19(14-18)16(20)22-17(2,3)4/h15H,5-14H2,1-4H3. The van der Waals surface area contributed by atoms with Gasteiger partial charge in [0.1, 0.15) is 5.60 Å². The highest BCUT2D eigenvalue weighted by atomic mass is 16.6. The Kier molecular flexibility index (Phi) is 5.76. The third-order valence-electron chi connectivity index (χ3n) is 4.96. The average Bonchev–Trinajstić information content (AvgIpc) is 2.90. The molecule has 0 spiro atoms. The Bertz CT molecular complexity index is 371.